The Morgan fingerprint density at radius 1 is 0.955 bits per heavy atom. The average Bonchev–Trinajstić information content (AvgIpc) is 2.43. The van der Waals surface area contributed by atoms with Crippen molar-refractivity contribution >= 4 is 10.1 Å². The fourth-order valence-corrected chi connectivity index (χ4v) is 3.21. The van der Waals surface area contributed by atoms with E-state index < -0.39 is 10.1 Å². The van der Waals surface area contributed by atoms with Crippen LogP contribution in [0.2, 0.25) is 0 Å². The van der Waals surface area contributed by atoms with Crippen molar-refractivity contribution < 1.29 is 42.5 Å². The van der Waals surface area contributed by atoms with Crippen molar-refractivity contribution in [2.24, 2.45) is 5.92 Å². The molecule has 0 aliphatic heterocycles. The quantitative estimate of drug-likeness (QED) is 0.370. The van der Waals surface area contributed by atoms with Gasteiger partial charge in [0.2, 0.25) is 0 Å². The normalized spacial score (nSPS) is 12.7. The van der Waals surface area contributed by atoms with Crippen LogP contribution >= 0.6 is 0 Å². The minimum atomic E-state index is -4.33. The fraction of sp³-hybridized carbons (Fsp3) is 0.647. The molecule has 1 atom stereocenters. The molecule has 5 heteroatoms. The van der Waals surface area contributed by atoms with Crippen molar-refractivity contribution in [3.63, 3.8) is 0 Å². The van der Waals surface area contributed by atoms with Crippen molar-refractivity contribution in [3.05, 3.63) is 29.8 Å². The summed E-state index contributed by atoms with van der Waals surface area (Å²) in [6, 6.07) is 6.41. The monoisotopic (exact) mass is 334 g/mol. The fourth-order valence-electron chi connectivity index (χ4n) is 2.74. The van der Waals surface area contributed by atoms with Gasteiger partial charge in [0, 0.05) is 0 Å². The van der Waals surface area contributed by atoms with E-state index in [0.29, 0.717) is 5.92 Å². The van der Waals surface area contributed by atoms with E-state index in [1.807, 2.05) is 0 Å². The topological polar surface area (TPSA) is 57.2 Å². The van der Waals surface area contributed by atoms with Crippen LogP contribution in [0, 0.1) is 5.92 Å². The Labute approximate surface area is 157 Å². The summed E-state index contributed by atoms with van der Waals surface area (Å²) in [5.41, 5.74) is 1.12. The molecule has 0 amide bonds. The zero-order valence-corrected chi connectivity index (χ0v) is 17.0. The van der Waals surface area contributed by atoms with Gasteiger partial charge in [0.25, 0.3) is 0 Å². The minimum Gasteiger partial charge on any atom is -0.744 e. The van der Waals surface area contributed by atoms with Crippen LogP contribution in [-0.2, 0) is 16.5 Å². The smallest absolute Gasteiger partial charge is 0.744 e. The molecule has 0 bridgehead atoms. The predicted molar refractivity (Wildman–Crippen MR) is 85.3 cm³/mol. The summed E-state index contributed by atoms with van der Waals surface area (Å²) in [4.78, 5) is -0.138. The molecule has 0 spiro atoms. The van der Waals surface area contributed by atoms with Gasteiger partial charge >= 0.3 is 29.6 Å². The second-order valence-electron chi connectivity index (χ2n) is 5.81. The zero-order chi connectivity index (χ0) is 15.7. The van der Waals surface area contributed by atoms with Gasteiger partial charge < -0.3 is 4.55 Å². The van der Waals surface area contributed by atoms with Gasteiger partial charge in [-0.25, -0.2) is 8.42 Å². The maximum absolute atomic E-state index is 10.9. The van der Waals surface area contributed by atoms with Gasteiger partial charge in [-0.2, -0.15) is 0 Å². The van der Waals surface area contributed by atoms with Crippen LogP contribution < -0.4 is 29.6 Å². The molecule has 0 saturated carbocycles. The minimum absolute atomic E-state index is 0. The maximum atomic E-state index is 10.9. The van der Waals surface area contributed by atoms with Crippen molar-refractivity contribution in [1.29, 1.82) is 0 Å². The van der Waals surface area contributed by atoms with Crippen LogP contribution in [0.1, 0.15) is 64.4 Å². The molecule has 0 N–H and O–H groups in total. The van der Waals surface area contributed by atoms with Crippen LogP contribution in [0.25, 0.3) is 0 Å². The van der Waals surface area contributed by atoms with Crippen molar-refractivity contribution in [3.8, 4) is 0 Å². The molecule has 0 heterocycles. The third-order valence-corrected chi connectivity index (χ3v) is 4.75. The zero-order valence-electron chi connectivity index (χ0n) is 14.2. The van der Waals surface area contributed by atoms with E-state index in [9.17, 15) is 13.0 Å². The Balaban J connectivity index is 0.00000441. The predicted octanol–water partition coefficient (Wildman–Crippen LogP) is 1.52. The molecule has 3 nitrogen and oxygen atoms in total. The van der Waals surface area contributed by atoms with Crippen molar-refractivity contribution in [1.82, 2.24) is 0 Å². The van der Waals surface area contributed by atoms with Crippen LogP contribution in [-0.4, -0.2) is 13.0 Å². The number of unbranched alkanes of at least 4 members (excludes halogenated alkanes) is 3. The Hall–Kier alpha value is 0.130. The second kappa shape index (κ2) is 11.6. The summed E-state index contributed by atoms with van der Waals surface area (Å²) in [6.45, 7) is 4.42. The average molecular weight is 334 g/mol. The third kappa shape index (κ3) is 8.68. The van der Waals surface area contributed by atoms with E-state index in [0.717, 1.165) is 12.0 Å². The Kier molecular flexibility index (Phi) is 11.7. The Morgan fingerprint density at radius 2 is 1.59 bits per heavy atom. The van der Waals surface area contributed by atoms with Crippen LogP contribution in [0.4, 0.5) is 0 Å². The Morgan fingerprint density at radius 3 is 2.09 bits per heavy atom. The molecular weight excluding hydrogens is 307 g/mol. The molecule has 0 aromatic heterocycles. The molecule has 1 unspecified atom stereocenters. The van der Waals surface area contributed by atoms with E-state index in [-0.39, 0.29) is 34.5 Å². The first kappa shape index (κ1) is 22.1. The van der Waals surface area contributed by atoms with Crippen LogP contribution in [0.15, 0.2) is 29.2 Å². The summed E-state index contributed by atoms with van der Waals surface area (Å²) in [7, 11) is -4.33. The summed E-state index contributed by atoms with van der Waals surface area (Å²) >= 11 is 0. The SMILES string of the molecule is CCCCCCC(CCC)Cc1ccc(S(=O)(=O)[O-])cc1.[Na+]. The van der Waals surface area contributed by atoms with Gasteiger partial charge in [0.1, 0.15) is 10.1 Å². The summed E-state index contributed by atoms with van der Waals surface area (Å²) in [5, 5.41) is 0. The number of rotatable bonds is 10. The standard InChI is InChI=1S/C17H28O3S.Na/c1-3-5-6-7-9-15(8-4-2)14-16-10-12-17(13-11-16)21(18,19)20;/h10-13,15H,3-9,14H2,1-2H3,(H,18,19,20);/q;+1/p-1. The van der Waals surface area contributed by atoms with Crippen LogP contribution in [0.5, 0.6) is 0 Å². The molecule has 0 aliphatic rings. The molecule has 22 heavy (non-hydrogen) atoms. The first-order valence-corrected chi connectivity index (χ1v) is 9.43. The molecule has 0 fully saturated rings. The molecule has 0 radical (unpaired) electrons. The van der Waals surface area contributed by atoms with Gasteiger partial charge in [-0.05, 0) is 30.0 Å². The van der Waals surface area contributed by atoms with E-state index in [4.69, 9.17) is 0 Å². The molecule has 0 saturated heterocycles. The maximum Gasteiger partial charge on any atom is 1.00 e. The summed E-state index contributed by atoms with van der Waals surface area (Å²) in [6.07, 6.45) is 9.70. The van der Waals surface area contributed by atoms with E-state index in [1.54, 1.807) is 12.1 Å². The largest absolute Gasteiger partial charge is 1.00 e. The van der Waals surface area contributed by atoms with Crippen LogP contribution in [0.3, 0.4) is 0 Å². The van der Waals surface area contributed by atoms with E-state index in [2.05, 4.69) is 13.8 Å². The van der Waals surface area contributed by atoms with Gasteiger partial charge in [-0.15, -0.1) is 0 Å². The first-order valence-electron chi connectivity index (χ1n) is 8.02. The number of hydrogen-bond donors (Lipinski definition) is 0. The van der Waals surface area contributed by atoms with Gasteiger partial charge in [0.15, 0.2) is 0 Å². The molecule has 0 aliphatic carbocycles. The summed E-state index contributed by atoms with van der Waals surface area (Å²) in [5.74, 6) is 0.654. The van der Waals surface area contributed by atoms with E-state index in [1.165, 1.54) is 57.1 Å². The van der Waals surface area contributed by atoms with Crippen molar-refractivity contribution in [2.45, 2.75) is 70.1 Å². The number of hydrogen-bond acceptors (Lipinski definition) is 3. The van der Waals surface area contributed by atoms with Gasteiger partial charge in [0.05, 0.1) is 4.90 Å². The molecule has 1 aromatic carbocycles. The van der Waals surface area contributed by atoms with Gasteiger partial charge in [-0.1, -0.05) is 70.9 Å². The van der Waals surface area contributed by atoms with E-state index >= 15 is 0 Å². The number of benzene rings is 1. The third-order valence-electron chi connectivity index (χ3n) is 3.90. The summed E-state index contributed by atoms with van der Waals surface area (Å²) < 4.78 is 32.7. The molecule has 120 valence electrons. The van der Waals surface area contributed by atoms with Gasteiger partial charge in [-0.3, -0.25) is 0 Å². The molecule has 1 aromatic rings. The molecular formula is C17H27NaO3S. The molecule has 1 rings (SSSR count). The first-order chi connectivity index (χ1) is 9.97. The Bertz CT molecular complexity index is 497. The second-order valence-corrected chi connectivity index (χ2v) is 7.19. The van der Waals surface area contributed by atoms with Crippen molar-refractivity contribution in [2.75, 3.05) is 0 Å².